The number of carbonyl (C=O) groups is 2. The number of amides is 1. The Bertz CT molecular complexity index is 449. The molecule has 0 aliphatic rings. The second-order valence-corrected chi connectivity index (χ2v) is 4.40. The van der Waals surface area contributed by atoms with Crippen molar-refractivity contribution in [2.24, 2.45) is 0 Å². The van der Waals surface area contributed by atoms with Gasteiger partial charge >= 0.3 is 5.97 Å². The van der Waals surface area contributed by atoms with E-state index in [1.807, 2.05) is 0 Å². The van der Waals surface area contributed by atoms with E-state index in [0.29, 0.717) is 5.56 Å². The fraction of sp³-hybridized carbons (Fsp3) is 0.467. The van der Waals surface area contributed by atoms with Crippen molar-refractivity contribution in [1.82, 2.24) is 5.32 Å². The average Bonchev–Trinajstić information content (AvgIpc) is 2.51. The Kier molecular flexibility index (Phi) is 7.42. The maximum Gasteiger partial charge on any atom is 0.331 e. The van der Waals surface area contributed by atoms with Gasteiger partial charge < -0.3 is 19.9 Å². The van der Waals surface area contributed by atoms with E-state index in [9.17, 15) is 14.7 Å². The summed E-state index contributed by atoms with van der Waals surface area (Å²) in [5.74, 6) is -1.05. The van der Waals surface area contributed by atoms with Crippen LogP contribution in [-0.2, 0) is 19.1 Å². The molecule has 2 atom stereocenters. The zero-order chi connectivity index (χ0) is 15.7. The van der Waals surface area contributed by atoms with Gasteiger partial charge in [-0.3, -0.25) is 4.79 Å². The lowest BCUT2D eigenvalue weighted by atomic mass is 10.0. The van der Waals surface area contributed by atoms with E-state index in [-0.39, 0.29) is 25.5 Å². The van der Waals surface area contributed by atoms with Gasteiger partial charge in [-0.05, 0) is 12.5 Å². The number of rotatable bonds is 8. The summed E-state index contributed by atoms with van der Waals surface area (Å²) in [6.07, 6.45) is -1.06. The Morgan fingerprint density at radius 3 is 2.52 bits per heavy atom. The molecule has 1 aromatic carbocycles. The SMILES string of the molecule is CCOC(=O)C(NC(=O)CCOC)C(O)c1ccccc1. The molecule has 0 aliphatic carbocycles. The van der Waals surface area contributed by atoms with E-state index < -0.39 is 18.1 Å². The molecular weight excluding hydrogens is 274 g/mol. The second kappa shape index (κ2) is 9.10. The number of ether oxygens (including phenoxy) is 2. The second-order valence-electron chi connectivity index (χ2n) is 4.40. The van der Waals surface area contributed by atoms with Gasteiger partial charge in [-0.1, -0.05) is 30.3 Å². The molecule has 0 radical (unpaired) electrons. The number of methoxy groups -OCH3 is 1. The maximum absolute atomic E-state index is 11.9. The van der Waals surface area contributed by atoms with Gasteiger partial charge in [0, 0.05) is 13.5 Å². The fourth-order valence-electron chi connectivity index (χ4n) is 1.78. The number of benzene rings is 1. The van der Waals surface area contributed by atoms with Crippen molar-refractivity contribution >= 4 is 11.9 Å². The van der Waals surface area contributed by atoms with Crippen molar-refractivity contribution in [3.8, 4) is 0 Å². The number of aliphatic hydroxyl groups is 1. The number of esters is 1. The van der Waals surface area contributed by atoms with Gasteiger partial charge in [-0.2, -0.15) is 0 Å². The van der Waals surface area contributed by atoms with Crippen LogP contribution in [0.1, 0.15) is 25.0 Å². The van der Waals surface area contributed by atoms with Crippen LogP contribution in [0.15, 0.2) is 30.3 Å². The van der Waals surface area contributed by atoms with E-state index >= 15 is 0 Å². The highest BCUT2D eigenvalue weighted by atomic mass is 16.5. The van der Waals surface area contributed by atoms with Gasteiger partial charge in [0.1, 0.15) is 6.10 Å². The lowest BCUT2D eigenvalue weighted by Gasteiger charge is -2.22. The molecule has 21 heavy (non-hydrogen) atoms. The third-order valence-electron chi connectivity index (χ3n) is 2.85. The summed E-state index contributed by atoms with van der Waals surface area (Å²) in [4.78, 5) is 23.7. The first kappa shape index (κ1) is 17.1. The summed E-state index contributed by atoms with van der Waals surface area (Å²) in [7, 11) is 1.48. The van der Waals surface area contributed by atoms with Crippen LogP contribution in [0.2, 0.25) is 0 Å². The molecule has 1 rings (SSSR count). The van der Waals surface area contributed by atoms with Crippen LogP contribution in [0.5, 0.6) is 0 Å². The minimum Gasteiger partial charge on any atom is -0.464 e. The average molecular weight is 295 g/mol. The van der Waals surface area contributed by atoms with E-state index in [1.54, 1.807) is 37.3 Å². The summed E-state index contributed by atoms with van der Waals surface area (Å²) in [5.41, 5.74) is 0.530. The van der Waals surface area contributed by atoms with Gasteiger partial charge in [0.05, 0.1) is 13.2 Å². The van der Waals surface area contributed by atoms with Crippen LogP contribution in [0.3, 0.4) is 0 Å². The lowest BCUT2D eigenvalue weighted by molar-refractivity contribution is -0.151. The molecule has 0 heterocycles. The van der Waals surface area contributed by atoms with Crippen molar-refractivity contribution in [3.63, 3.8) is 0 Å². The van der Waals surface area contributed by atoms with Gasteiger partial charge in [0.15, 0.2) is 6.04 Å². The number of aliphatic hydroxyl groups excluding tert-OH is 1. The van der Waals surface area contributed by atoms with Gasteiger partial charge in [0.2, 0.25) is 5.91 Å². The molecular formula is C15H21NO5. The summed E-state index contributed by atoms with van der Waals surface area (Å²) in [5, 5.41) is 12.8. The highest BCUT2D eigenvalue weighted by molar-refractivity contribution is 5.85. The Balaban J connectivity index is 2.81. The van der Waals surface area contributed by atoms with E-state index in [1.165, 1.54) is 7.11 Å². The molecule has 0 fully saturated rings. The topological polar surface area (TPSA) is 84.9 Å². The van der Waals surface area contributed by atoms with E-state index in [0.717, 1.165) is 0 Å². The Labute approximate surface area is 124 Å². The monoisotopic (exact) mass is 295 g/mol. The predicted octanol–water partition coefficient (Wildman–Crippen LogP) is 0.804. The number of hydrogen-bond donors (Lipinski definition) is 2. The molecule has 2 N–H and O–H groups in total. The molecule has 0 aliphatic heterocycles. The Hall–Kier alpha value is -1.92. The van der Waals surface area contributed by atoms with Crippen molar-refractivity contribution in [1.29, 1.82) is 0 Å². The Morgan fingerprint density at radius 1 is 1.29 bits per heavy atom. The summed E-state index contributed by atoms with van der Waals surface area (Å²) in [6.45, 7) is 2.07. The zero-order valence-electron chi connectivity index (χ0n) is 12.2. The lowest BCUT2D eigenvalue weighted by Crippen LogP contribution is -2.46. The molecule has 1 aromatic rings. The molecule has 116 valence electrons. The molecule has 2 unspecified atom stereocenters. The summed E-state index contributed by atoms with van der Waals surface area (Å²) >= 11 is 0. The van der Waals surface area contributed by atoms with Crippen LogP contribution in [0.25, 0.3) is 0 Å². The van der Waals surface area contributed by atoms with Crippen LogP contribution in [0, 0.1) is 0 Å². The van der Waals surface area contributed by atoms with Crippen molar-refractivity contribution < 1.29 is 24.2 Å². The van der Waals surface area contributed by atoms with Crippen molar-refractivity contribution in [2.45, 2.75) is 25.5 Å². The van der Waals surface area contributed by atoms with Gasteiger partial charge in [0.25, 0.3) is 0 Å². The third kappa shape index (κ3) is 5.53. The highest BCUT2D eigenvalue weighted by Crippen LogP contribution is 2.17. The van der Waals surface area contributed by atoms with Crippen LogP contribution < -0.4 is 5.32 Å². The zero-order valence-corrected chi connectivity index (χ0v) is 12.2. The quantitative estimate of drug-likeness (QED) is 0.693. The molecule has 0 spiro atoms. The van der Waals surface area contributed by atoms with Gasteiger partial charge in [-0.25, -0.2) is 4.79 Å². The van der Waals surface area contributed by atoms with Gasteiger partial charge in [-0.15, -0.1) is 0 Å². The molecule has 6 nitrogen and oxygen atoms in total. The smallest absolute Gasteiger partial charge is 0.331 e. The van der Waals surface area contributed by atoms with Crippen LogP contribution >= 0.6 is 0 Å². The summed E-state index contributed by atoms with van der Waals surface area (Å²) in [6, 6.07) is 7.50. The first-order chi connectivity index (χ1) is 10.1. The number of carbonyl (C=O) groups excluding carboxylic acids is 2. The van der Waals surface area contributed by atoms with E-state index in [2.05, 4.69) is 5.32 Å². The number of nitrogens with one attached hydrogen (secondary N) is 1. The summed E-state index contributed by atoms with van der Waals surface area (Å²) < 4.78 is 9.71. The van der Waals surface area contributed by atoms with Crippen molar-refractivity contribution in [2.75, 3.05) is 20.3 Å². The molecule has 0 aromatic heterocycles. The highest BCUT2D eigenvalue weighted by Gasteiger charge is 2.30. The molecule has 0 bridgehead atoms. The van der Waals surface area contributed by atoms with Crippen molar-refractivity contribution in [3.05, 3.63) is 35.9 Å². The first-order valence-electron chi connectivity index (χ1n) is 6.78. The third-order valence-corrected chi connectivity index (χ3v) is 2.85. The number of hydrogen-bond acceptors (Lipinski definition) is 5. The minimum atomic E-state index is -1.17. The molecule has 0 saturated carbocycles. The maximum atomic E-state index is 11.9. The molecule has 1 amide bonds. The van der Waals surface area contributed by atoms with Crippen LogP contribution in [0.4, 0.5) is 0 Å². The molecule has 6 heteroatoms. The standard InChI is InChI=1S/C15H21NO5/c1-3-21-15(19)13(16-12(17)9-10-20-2)14(18)11-7-5-4-6-8-11/h4-8,13-14,18H,3,9-10H2,1-2H3,(H,16,17). The van der Waals surface area contributed by atoms with E-state index in [4.69, 9.17) is 9.47 Å². The van der Waals surface area contributed by atoms with Crippen LogP contribution in [-0.4, -0.2) is 43.3 Å². The Morgan fingerprint density at radius 2 is 1.95 bits per heavy atom. The minimum absolute atomic E-state index is 0.105. The fourth-order valence-corrected chi connectivity index (χ4v) is 1.78. The molecule has 0 saturated heterocycles. The predicted molar refractivity (Wildman–Crippen MR) is 76.5 cm³/mol. The first-order valence-corrected chi connectivity index (χ1v) is 6.78. The largest absolute Gasteiger partial charge is 0.464 e. The normalized spacial score (nSPS) is 13.3.